The van der Waals surface area contributed by atoms with Gasteiger partial charge < -0.3 is 4.90 Å². The number of nitrogens with zero attached hydrogens (tertiary/aromatic N) is 8. The molecule has 8 heteroatoms. The standard InChI is InChI=1S/C19H24N8/c1-14-8-22-27(9-14)19-7-18(20-13-21-19)25-6-2-3-15(10-25)11-26-12-17(23-24-26)16-4-5-16/h7-9,12-13,15-16H,2-6,10-11H2,1H3/t15-/m1/s1. The number of rotatable bonds is 5. The maximum atomic E-state index is 4.51. The maximum Gasteiger partial charge on any atom is 0.158 e. The first kappa shape index (κ1) is 16.4. The SMILES string of the molecule is Cc1cnn(-c2cc(N3CCC[C@@H](Cn4cc(C5CC5)nn4)C3)ncn2)c1. The van der Waals surface area contributed by atoms with Gasteiger partial charge in [-0.2, -0.15) is 5.10 Å². The zero-order valence-electron chi connectivity index (χ0n) is 15.6. The van der Waals surface area contributed by atoms with Gasteiger partial charge in [0.15, 0.2) is 5.82 Å². The van der Waals surface area contributed by atoms with Crippen molar-refractivity contribution >= 4 is 5.82 Å². The van der Waals surface area contributed by atoms with Crippen molar-refractivity contribution in [2.24, 2.45) is 5.92 Å². The van der Waals surface area contributed by atoms with Crippen LogP contribution in [0.1, 0.15) is 42.9 Å². The highest BCUT2D eigenvalue weighted by atomic mass is 15.4. The molecule has 4 heterocycles. The molecule has 0 N–H and O–H groups in total. The van der Waals surface area contributed by atoms with Gasteiger partial charge in [-0.05, 0) is 44.1 Å². The molecule has 1 atom stereocenters. The van der Waals surface area contributed by atoms with Gasteiger partial charge in [0.25, 0.3) is 0 Å². The normalized spacial score (nSPS) is 20.2. The number of anilines is 1. The fraction of sp³-hybridized carbons (Fsp3) is 0.526. The fourth-order valence-electron chi connectivity index (χ4n) is 3.83. The van der Waals surface area contributed by atoms with Gasteiger partial charge >= 0.3 is 0 Å². The van der Waals surface area contributed by atoms with E-state index in [1.165, 1.54) is 19.3 Å². The average Bonchev–Trinajstić information content (AvgIpc) is 3.29. The van der Waals surface area contributed by atoms with Gasteiger partial charge in [0.05, 0.1) is 11.9 Å². The molecule has 3 aromatic heterocycles. The number of piperidine rings is 1. The number of aryl methyl sites for hydroxylation is 1. The molecule has 1 saturated heterocycles. The van der Waals surface area contributed by atoms with E-state index in [1.807, 2.05) is 30.1 Å². The smallest absolute Gasteiger partial charge is 0.158 e. The Labute approximate surface area is 158 Å². The van der Waals surface area contributed by atoms with Gasteiger partial charge in [0.1, 0.15) is 12.1 Å². The van der Waals surface area contributed by atoms with Crippen LogP contribution in [0.15, 0.2) is 31.0 Å². The molecule has 2 aliphatic rings. The highest BCUT2D eigenvalue weighted by molar-refractivity contribution is 5.43. The topological polar surface area (TPSA) is 77.5 Å². The second kappa shape index (κ2) is 6.75. The molecule has 8 nitrogen and oxygen atoms in total. The summed E-state index contributed by atoms with van der Waals surface area (Å²) in [4.78, 5) is 11.2. The van der Waals surface area contributed by atoms with E-state index in [4.69, 9.17) is 0 Å². The Morgan fingerprint density at radius 1 is 1.11 bits per heavy atom. The molecular formula is C19H24N8. The minimum Gasteiger partial charge on any atom is -0.356 e. The van der Waals surface area contributed by atoms with Crippen LogP contribution in [0.4, 0.5) is 5.82 Å². The molecule has 0 bridgehead atoms. The van der Waals surface area contributed by atoms with Crippen molar-refractivity contribution in [3.63, 3.8) is 0 Å². The molecule has 0 radical (unpaired) electrons. The van der Waals surface area contributed by atoms with Gasteiger partial charge in [-0.1, -0.05) is 5.21 Å². The van der Waals surface area contributed by atoms with Crippen molar-refractivity contribution in [2.75, 3.05) is 18.0 Å². The summed E-state index contributed by atoms with van der Waals surface area (Å²) < 4.78 is 3.83. The van der Waals surface area contributed by atoms with Crippen LogP contribution in [0.3, 0.4) is 0 Å². The predicted molar refractivity (Wildman–Crippen MR) is 101 cm³/mol. The highest BCUT2D eigenvalue weighted by Crippen LogP contribution is 2.38. The molecule has 2 fully saturated rings. The van der Waals surface area contributed by atoms with Gasteiger partial charge in [-0.3, -0.25) is 4.68 Å². The maximum absolute atomic E-state index is 4.51. The van der Waals surface area contributed by atoms with Crippen LogP contribution in [-0.2, 0) is 6.54 Å². The summed E-state index contributed by atoms with van der Waals surface area (Å²) in [6.07, 6.45) is 12.5. The van der Waals surface area contributed by atoms with E-state index in [1.54, 1.807) is 11.0 Å². The monoisotopic (exact) mass is 364 g/mol. The average molecular weight is 364 g/mol. The number of hydrogen-bond donors (Lipinski definition) is 0. The summed E-state index contributed by atoms with van der Waals surface area (Å²) in [5, 5.41) is 13.0. The highest BCUT2D eigenvalue weighted by Gasteiger charge is 2.27. The molecule has 3 aromatic rings. The van der Waals surface area contributed by atoms with Gasteiger partial charge in [-0.15, -0.1) is 5.10 Å². The molecular weight excluding hydrogens is 340 g/mol. The zero-order valence-corrected chi connectivity index (χ0v) is 15.6. The molecule has 140 valence electrons. The Hall–Kier alpha value is -2.77. The lowest BCUT2D eigenvalue weighted by Crippen LogP contribution is -2.37. The molecule has 5 rings (SSSR count). The van der Waals surface area contributed by atoms with Crippen LogP contribution >= 0.6 is 0 Å². The van der Waals surface area contributed by atoms with E-state index in [2.05, 4.69) is 36.5 Å². The van der Waals surface area contributed by atoms with Crippen molar-refractivity contribution in [2.45, 2.75) is 45.1 Å². The summed E-state index contributed by atoms with van der Waals surface area (Å²) >= 11 is 0. The van der Waals surface area contributed by atoms with Crippen molar-refractivity contribution in [3.8, 4) is 5.82 Å². The number of aromatic nitrogens is 7. The van der Waals surface area contributed by atoms with E-state index in [0.717, 1.165) is 48.9 Å². The van der Waals surface area contributed by atoms with Crippen molar-refractivity contribution < 1.29 is 0 Å². The number of hydrogen-bond acceptors (Lipinski definition) is 6. The second-order valence-electron chi connectivity index (χ2n) is 7.79. The fourth-order valence-corrected chi connectivity index (χ4v) is 3.83. The van der Waals surface area contributed by atoms with Gasteiger partial charge in [0.2, 0.25) is 0 Å². The molecule has 1 saturated carbocycles. The Morgan fingerprint density at radius 3 is 2.81 bits per heavy atom. The van der Waals surface area contributed by atoms with Crippen LogP contribution in [0.25, 0.3) is 5.82 Å². The van der Waals surface area contributed by atoms with E-state index in [9.17, 15) is 0 Å². The minimum absolute atomic E-state index is 0.554. The van der Waals surface area contributed by atoms with Crippen molar-refractivity contribution in [1.82, 2.24) is 34.7 Å². The van der Waals surface area contributed by atoms with Crippen LogP contribution in [-0.4, -0.2) is 47.8 Å². The summed E-state index contributed by atoms with van der Waals surface area (Å²) in [6.45, 7) is 4.95. The predicted octanol–water partition coefficient (Wildman–Crippen LogP) is 2.36. The third-order valence-electron chi connectivity index (χ3n) is 5.42. The van der Waals surface area contributed by atoms with E-state index >= 15 is 0 Å². The van der Waals surface area contributed by atoms with Crippen LogP contribution in [0, 0.1) is 12.8 Å². The van der Waals surface area contributed by atoms with E-state index in [0.29, 0.717) is 11.8 Å². The molecule has 0 spiro atoms. The summed E-state index contributed by atoms with van der Waals surface area (Å²) in [7, 11) is 0. The van der Waals surface area contributed by atoms with Crippen LogP contribution in [0.5, 0.6) is 0 Å². The first-order valence-electron chi connectivity index (χ1n) is 9.73. The third kappa shape index (κ3) is 3.56. The first-order valence-corrected chi connectivity index (χ1v) is 9.73. The quantitative estimate of drug-likeness (QED) is 0.692. The minimum atomic E-state index is 0.554. The van der Waals surface area contributed by atoms with Crippen LogP contribution in [0.2, 0.25) is 0 Å². The Morgan fingerprint density at radius 2 is 2.00 bits per heavy atom. The second-order valence-corrected chi connectivity index (χ2v) is 7.79. The Kier molecular flexibility index (Phi) is 4.10. The lowest BCUT2D eigenvalue weighted by Gasteiger charge is -2.33. The largest absolute Gasteiger partial charge is 0.356 e. The molecule has 1 aliphatic heterocycles. The van der Waals surface area contributed by atoms with Gasteiger partial charge in [-0.25, -0.2) is 14.6 Å². The molecule has 27 heavy (non-hydrogen) atoms. The summed E-state index contributed by atoms with van der Waals surface area (Å²) in [5.41, 5.74) is 2.28. The van der Waals surface area contributed by atoms with Crippen LogP contribution < -0.4 is 4.90 Å². The molecule has 0 aromatic carbocycles. The van der Waals surface area contributed by atoms with Crippen molar-refractivity contribution in [1.29, 1.82) is 0 Å². The van der Waals surface area contributed by atoms with E-state index < -0.39 is 0 Å². The Balaban J connectivity index is 1.28. The lowest BCUT2D eigenvalue weighted by molar-refractivity contribution is 0.347. The molecule has 1 aliphatic carbocycles. The molecule has 0 unspecified atom stereocenters. The first-order chi connectivity index (χ1) is 13.2. The summed E-state index contributed by atoms with van der Waals surface area (Å²) in [5.74, 6) is 2.99. The summed E-state index contributed by atoms with van der Waals surface area (Å²) in [6, 6.07) is 2.02. The third-order valence-corrected chi connectivity index (χ3v) is 5.42. The molecule has 0 amide bonds. The zero-order chi connectivity index (χ0) is 18.2. The van der Waals surface area contributed by atoms with Crippen molar-refractivity contribution in [3.05, 3.63) is 42.2 Å². The lowest BCUT2D eigenvalue weighted by atomic mass is 9.98. The van der Waals surface area contributed by atoms with E-state index in [-0.39, 0.29) is 0 Å². The van der Waals surface area contributed by atoms with Gasteiger partial charge in [0, 0.05) is 44.0 Å². The Bertz CT molecular complexity index is 925.